The average Bonchev–Trinajstić information content (AvgIpc) is 1.86. The molecule has 1 aromatic heterocycles. The van der Waals surface area contributed by atoms with Crippen LogP contribution >= 0.6 is 11.3 Å². The molecule has 0 spiro atoms. The lowest BCUT2D eigenvalue weighted by molar-refractivity contribution is -0.00000127. The van der Waals surface area contributed by atoms with Gasteiger partial charge in [-0.15, -0.1) is 11.3 Å². The number of nitrogens with two attached hydrogens (primary N) is 1. The minimum absolute atomic E-state index is 0. The summed E-state index contributed by atoms with van der Waals surface area (Å²) in [6, 6.07) is 0. The lowest BCUT2D eigenvalue weighted by atomic mass is 11.0. The summed E-state index contributed by atoms with van der Waals surface area (Å²) in [6.45, 7) is 0. The second-order valence-corrected chi connectivity index (χ2v) is 1.80. The zero-order valence-electron chi connectivity index (χ0n) is 4.47. The topological polar surface area (TPSA) is 38.9 Å². The molecule has 0 atom stereocenters. The van der Waals surface area contributed by atoms with Gasteiger partial charge in [0.05, 0.1) is 0 Å². The average molecular weight is 137 g/mol. The zero-order chi connectivity index (χ0) is 4.41. The van der Waals surface area contributed by atoms with Crippen molar-refractivity contribution in [3.8, 4) is 0 Å². The lowest BCUT2D eigenvalue weighted by Crippen LogP contribution is -3.00. The fourth-order valence-corrected chi connectivity index (χ4v) is 0.617. The molecule has 1 rings (SSSR count). The van der Waals surface area contributed by atoms with E-state index in [0.29, 0.717) is 5.13 Å². The van der Waals surface area contributed by atoms with E-state index in [-0.39, 0.29) is 13.8 Å². The Morgan fingerprint density at radius 2 is 2.57 bits per heavy atom. The number of nitrogens with zero attached hydrogens (tertiary/aromatic N) is 1. The summed E-state index contributed by atoms with van der Waals surface area (Å²) >= 11 is 1.44. The molecule has 7 heavy (non-hydrogen) atoms. The van der Waals surface area contributed by atoms with Crippen molar-refractivity contribution in [1.29, 1.82) is 0 Å². The van der Waals surface area contributed by atoms with Crippen molar-refractivity contribution in [2.75, 3.05) is 5.73 Å². The zero-order valence-corrected chi connectivity index (χ0v) is 5.04. The summed E-state index contributed by atoms with van der Waals surface area (Å²) in [6.07, 6.45) is 1.68. The van der Waals surface area contributed by atoms with E-state index in [0.717, 1.165) is 0 Å². The molecule has 0 aliphatic heterocycles. The number of halogens is 1. The predicted octanol–water partition coefficient (Wildman–Crippen LogP) is -2.16. The Morgan fingerprint density at radius 1 is 1.86 bits per heavy atom. The number of hydrogen-bond acceptors (Lipinski definition) is 3. The van der Waals surface area contributed by atoms with Crippen molar-refractivity contribution in [2.45, 2.75) is 0 Å². The van der Waals surface area contributed by atoms with Gasteiger partial charge >= 0.3 is 1.43 Å². The van der Waals surface area contributed by atoms with Gasteiger partial charge in [0.15, 0.2) is 5.13 Å². The molecule has 40 valence electrons. The molecule has 1 heterocycles. The van der Waals surface area contributed by atoms with Crippen LogP contribution in [-0.2, 0) is 0 Å². The van der Waals surface area contributed by atoms with Gasteiger partial charge < -0.3 is 18.1 Å². The van der Waals surface area contributed by atoms with Crippen LogP contribution < -0.4 is 18.1 Å². The first-order valence-corrected chi connectivity index (χ1v) is 2.42. The highest BCUT2D eigenvalue weighted by atomic mass is 35.5. The summed E-state index contributed by atoms with van der Waals surface area (Å²) in [4.78, 5) is 3.71. The summed E-state index contributed by atoms with van der Waals surface area (Å²) < 4.78 is 0. The van der Waals surface area contributed by atoms with Crippen LogP contribution in [0, 0.1) is 0 Å². The van der Waals surface area contributed by atoms with Crippen LogP contribution in [-0.4, -0.2) is 4.98 Å². The van der Waals surface area contributed by atoms with E-state index in [4.69, 9.17) is 5.73 Å². The quantitative estimate of drug-likeness (QED) is 0.442. The standard InChI is InChI=1S/C3H4N2S.ClH/c4-3-5-1-2-6-3;/h1-2H,(H2,4,5);1H. The van der Waals surface area contributed by atoms with E-state index in [1.54, 1.807) is 6.20 Å². The van der Waals surface area contributed by atoms with Crippen LogP contribution in [0.5, 0.6) is 0 Å². The molecule has 4 heteroatoms. The largest absolute Gasteiger partial charge is 1.00 e. The maximum atomic E-state index is 5.19. The molecule has 0 fully saturated rings. The van der Waals surface area contributed by atoms with E-state index in [9.17, 15) is 0 Å². The first kappa shape index (κ1) is 6.72. The van der Waals surface area contributed by atoms with Crippen molar-refractivity contribution in [3.63, 3.8) is 0 Å². The van der Waals surface area contributed by atoms with Crippen molar-refractivity contribution < 1.29 is 13.8 Å². The van der Waals surface area contributed by atoms with Gasteiger partial charge in [-0.2, -0.15) is 0 Å². The third-order valence-corrected chi connectivity index (χ3v) is 1.06. The Morgan fingerprint density at radius 3 is 2.71 bits per heavy atom. The molecule has 0 saturated heterocycles. The smallest absolute Gasteiger partial charge is 1.00 e. The Kier molecular flexibility index (Phi) is 2.71. The number of thiazole rings is 1. The third kappa shape index (κ3) is 1.75. The molecule has 0 aliphatic carbocycles. The molecule has 2 nitrogen and oxygen atoms in total. The Bertz CT molecular complexity index is 121. The van der Waals surface area contributed by atoms with Crippen LogP contribution in [0.4, 0.5) is 5.13 Å². The SMILES string of the molecule is Nc1nccs1.[Cl-].[H+]. The van der Waals surface area contributed by atoms with Gasteiger partial charge in [-0.3, -0.25) is 0 Å². The van der Waals surface area contributed by atoms with Crippen molar-refractivity contribution in [3.05, 3.63) is 11.6 Å². The van der Waals surface area contributed by atoms with Crippen molar-refractivity contribution in [1.82, 2.24) is 4.98 Å². The van der Waals surface area contributed by atoms with Gasteiger partial charge in [-0.25, -0.2) is 4.98 Å². The number of nitrogen functional groups attached to an aromatic ring is 1. The number of rotatable bonds is 0. The van der Waals surface area contributed by atoms with Crippen LogP contribution in [0.25, 0.3) is 0 Å². The molecule has 2 N–H and O–H groups in total. The summed E-state index contributed by atoms with van der Waals surface area (Å²) in [7, 11) is 0. The fraction of sp³-hybridized carbons (Fsp3) is 0. The van der Waals surface area contributed by atoms with Crippen molar-refractivity contribution >= 4 is 16.5 Å². The molecular formula is C3H5ClN2S. The van der Waals surface area contributed by atoms with Gasteiger partial charge in [0.2, 0.25) is 0 Å². The molecule has 0 amide bonds. The Labute approximate surface area is 53.3 Å². The summed E-state index contributed by atoms with van der Waals surface area (Å²) in [5, 5.41) is 2.48. The maximum Gasteiger partial charge on any atom is 1.00 e. The van der Waals surface area contributed by atoms with Gasteiger partial charge in [0, 0.05) is 11.6 Å². The molecule has 0 unspecified atom stereocenters. The highest BCUT2D eigenvalue weighted by Gasteiger charge is 1.76. The predicted molar refractivity (Wildman–Crippen MR) is 27.6 cm³/mol. The second-order valence-electron chi connectivity index (χ2n) is 0.870. The minimum atomic E-state index is 0. The summed E-state index contributed by atoms with van der Waals surface area (Å²) in [5.41, 5.74) is 5.19. The fourth-order valence-electron chi connectivity index (χ4n) is 0.234. The van der Waals surface area contributed by atoms with E-state index in [2.05, 4.69) is 4.98 Å². The Balaban J connectivity index is 0. The van der Waals surface area contributed by atoms with Crippen LogP contribution in [0.3, 0.4) is 0 Å². The van der Waals surface area contributed by atoms with Crippen LogP contribution in [0.15, 0.2) is 11.6 Å². The van der Waals surface area contributed by atoms with Crippen molar-refractivity contribution in [2.24, 2.45) is 0 Å². The summed E-state index contributed by atoms with van der Waals surface area (Å²) in [5.74, 6) is 0. The number of hydrogen-bond donors (Lipinski definition) is 1. The maximum absolute atomic E-state index is 5.19. The lowest BCUT2D eigenvalue weighted by Gasteiger charge is -1.67. The molecule has 0 saturated carbocycles. The third-order valence-electron chi connectivity index (χ3n) is 0.451. The van der Waals surface area contributed by atoms with E-state index in [1.807, 2.05) is 5.38 Å². The van der Waals surface area contributed by atoms with Gasteiger partial charge in [-0.1, -0.05) is 0 Å². The number of anilines is 1. The van der Waals surface area contributed by atoms with E-state index < -0.39 is 0 Å². The molecular weight excluding hydrogens is 132 g/mol. The number of aromatic nitrogens is 1. The molecule has 0 radical (unpaired) electrons. The highest BCUT2D eigenvalue weighted by molar-refractivity contribution is 7.13. The van der Waals surface area contributed by atoms with Gasteiger partial charge in [0.1, 0.15) is 0 Å². The van der Waals surface area contributed by atoms with E-state index in [1.165, 1.54) is 11.3 Å². The van der Waals surface area contributed by atoms with Gasteiger partial charge in [0.25, 0.3) is 0 Å². The van der Waals surface area contributed by atoms with Gasteiger partial charge in [-0.05, 0) is 0 Å². The molecule has 0 aromatic carbocycles. The van der Waals surface area contributed by atoms with Crippen LogP contribution in [0.2, 0.25) is 0 Å². The van der Waals surface area contributed by atoms with Crippen LogP contribution in [0.1, 0.15) is 1.43 Å². The Hall–Kier alpha value is -0.280. The first-order valence-electron chi connectivity index (χ1n) is 1.54. The molecule has 1 aromatic rings. The normalized spacial score (nSPS) is 7.43. The minimum Gasteiger partial charge on any atom is -1.00 e. The monoisotopic (exact) mass is 136 g/mol. The highest BCUT2D eigenvalue weighted by Crippen LogP contribution is 2.02. The molecule has 0 bridgehead atoms. The van der Waals surface area contributed by atoms with E-state index >= 15 is 0 Å². The first-order chi connectivity index (χ1) is 2.89. The molecule has 0 aliphatic rings. The second kappa shape index (κ2) is 2.82.